The molecule has 0 saturated heterocycles. The number of aromatic nitrogens is 5. The van der Waals surface area contributed by atoms with Crippen LogP contribution in [0, 0.1) is 0 Å². The van der Waals surface area contributed by atoms with Gasteiger partial charge in [-0.3, -0.25) is 0 Å². The summed E-state index contributed by atoms with van der Waals surface area (Å²) in [6, 6.07) is 98.4. The minimum atomic E-state index is 0.655. The van der Waals surface area contributed by atoms with E-state index in [2.05, 4.69) is 275 Å². The highest BCUT2D eigenvalue weighted by Crippen LogP contribution is 2.46. The fraction of sp³-hybridized carbons (Fsp3) is 0. The van der Waals surface area contributed by atoms with E-state index in [1.165, 1.54) is 43.6 Å². The zero-order valence-electron chi connectivity index (χ0n) is 40.7. The molecule has 0 aliphatic carbocycles. The molecule has 15 aromatic rings. The lowest BCUT2D eigenvalue weighted by Crippen LogP contribution is -2.04. The van der Waals surface area contributed by atoms with Gasteiger partial charge in [-0.25, -0.2) is 9.97 Å². The molecule has 0 spiro atoms. The molecule has 0 bridgehead atoms. The van der Waals surface area contributed by atoms with Crippen LogP contribution in [0.2, 0.25) is 0 Å². The van der Waals surface area contributed by atoms with E-state index >= 15 is 0 Å². The Kier molecular flexibility index (Phi) is 9.82. The van der Waals surface area contributed by atoms with Gasteiger partial charge < -0.3 is 13.7 Å². The summed E-state index contributed by atoms with van der Waals surface area (Å²) in [6.07, 6.45) is 0. The zero-order chi connectivity index (χ0) is 49.4. The fourth-order valence-electron chi connectivity index (χ4n) is 11.7. The van der Waals surface area contributed by atoms with Gasteiger partial charge in [0.1, 0.15) is 0 Å². The summed E-state index contributed by atoms with van der Waals surface area (Å²) in [4.78, 5) is 10.8. The van der Waals surface area contributed by atoms with Crippen molar-refractivity contribution in [2.45, 2.75) is 0 Å². The lowest BCUT2D eigenvalue weighted by molar-refractivity contribution is 1.15. The molecule has 0 N–H and O–H groups in total. The first kappa shape index (κ1) is 42.6. The number of fused-ring (bicyclic) bond motifs is 9. The Hall–Kier alpha value is -10.1. The second-order valence-corrected chi connectivity index (χ2v) is 19.3. The molecule has 5 nitrogen and oxygen atoms in total. The maximum atomic E-state index is 5.41. The molecule has 5 heteroatoms. The molecule has 0 unspecified atom stereocenters. The zero-order valence-corrected chi connectivity index (χ0v) is 40.7. The van der Waals surface area contributed by atoms with Crippen LogP contribution in [0.3, 0.4) is 0 Å². The van der Waals surface area contributed by atoms with E-state index in [0.717, 1.165) is 89.2 Å². The Labute approximate surface area is 433 Å². The number of rotatable bonds is 8. The maximum absolute atomic E-state index is 5.41. The second kappa shape index (κ2) is 17.3. The molecule has 0 saturated carbocycles. The average molecular weight is 956 g/mol. The maximum Gasteiger partial charge on any atom is 0.160 e. The number of hydrogen-bond donors (Lipinski definition) is 0. The summed E-state index contributed by atoms with van der Waals surface area (Å²) < 4.78 is 7.38. The van der Waals surface area contributed by atoms with Gasteiger partial charge in [0.15, 0.2) is 5.82 Å². The molecule has 4 aromatic heterocycles. The average Bonchev–Trinajstić information content (AvgIpc) is 4.13. The second-order valence-electron chi connectivity index (χ2n) is 19.3. The third-order valence-electron chi connectivity index (χ3n) is 15.0. The number of nitrogens with zero attached hydrogens (tertiary/aromatic N) is 5. The van der Waals surface area contributed by atoms with E-state index in [-0.39, 0.29) is 0 Å². The van der Waals surface area contributed by atoms with Gasteiger partial charge in [-0.05, 0) is 83.9 Å². The van der Waals surface area contributed by atoms with Gasteiger partial charge >= 0.3 is 0 Å². The summed E-state index contributed by atoms with van der Waals surface area (Å²) in [5.41, 5.74) is 19.2. The molecule has 0 atom stereocenters. The van der Waals surface area contributed by atoms with Crippen molar-refractivity contribution in [1.82, 2.24) is 23.7 Å². The van der Waals surface area contributed by atoms with Crippen LogP contribution in [0.5, 0.6) is 0 Å². The lowest BCUT2D eigenvalue weighted by atomic mass is 9.92. The first-order valence-corrected chi connectivity index (χ1v) is 25.6. The van der Waals surface area contributed by atoms with Crippen LogP contribution in [0.4, 0.5) is 0 Å². The predicted octanol–water partition coefficient (Wildman–Crippen LogP) is 18.1. The fourth-order valence-corrected chi connectivity index (χ4v) is 11.7. The summed E-state index contributed by atoms with van der Waals surface area (Å²) in [6.45, 7) is 0. The van der Waals surface area contributed by atoms with Crippen LogP contribution < -0.4 is 0 Å². The van der Waals surface area contributed by atoms with E-state index in [1.807, 2.05) is 12.1 Å². The molecule has 0 amide bonds. The van der Waals surface area contributed by atoms with E-state index in [1.54, 1.807) is 0 Å². The van der Waals surface area contributed by atoms with Crippen molar-refractivity contribution in [2.24, 2.45) is 0 Å². The highest BCUT2D eigenvalue weighted by molar-refractivity contribution is 6.15. The largest absolute Gasteiger partial charge is 0.309 e. The Bertz CT molecular complexity index is 4460. The SMILES string of the molecule is c1ccc(-c2cc(-c3ccccc3)nc(-c3cc(-c4ccccc4)c(-n4c5ccc(-n6c7ccccc7c7ccccc76)cc5c5ccc(-n6c7ccccc7c7ccccc76)cc54)c(-c4ccccc4)c3)n2)cc1. The number of hydrogen-bond acceptors (Lipinski definition) is 2. The quantitative estimate of drug-likeness (QED) is 0.152. The van der Waals surface area contributed by atoms with Crippen LogP contribution in [0.25, 0.3) is 139 Å². The molecule has 0 radical (unpaired) electrons. The first-order chi connectivity index (χ1) is 37.2. The highest BCUT2D eigenvalue weighted by Gasteiger charge is 2.25. The van der Waals surface area contributed by atoms with Gasteiger partial charge in [-0.15, -0.1) is 0 Å². The Morgan fingerprint density at radius 2 is 0.587 bits per heavy atom. The molecular weight excluding hydrogens is 911 g/mol. The standard InChI is InChI=1S/C70H45N5/c1-5-21-46(22-6-1)58-41-50(70-71-61(48-25-9-3-10-26-48)45-62(72-70)49-27-11-4-12-28-49)42-59(47-23-7-2-8-24-47)69(58)75-67-40-38-51(73-63-33-17-13-29-53(63)54-30-14-18-34-64(54)73)43-60(67)57-39-37-52(44-68(57)75)74-65-35-19-15-31-55(65)56-32-16-20-36-66(56)74/h1-45H. The van der Waals surface area contributed by atoms with E-state index in [4.69, 9.17) is 9.97 Å². The summed E-state index contributed by atoms with van der Waals surface area (Å²) in [5.74, 6) is 0.655. The number of para-hydroxylation sites is 4. The predicted molar refractivity (Wildman–Crippen MR) is 312 cm³/mol. The van der Waals surface area contributed by atoms with Gasteiger partial charge in [0, 0.05) is 71.5 Å². The molecule has 4 heterocycles. The summed E-state index contributed by atoms with van der Waals surface area (Å²) in [7, 11) is 0. The van der Waals surface area contributed by atoms with E-state index < -0.39 is 0 Å². The van der Waals surface area contributed by atoms with Crippen molar-refractivity contribution in [3.05, 3.63) is 273 Å². The Morgan fingerprint density at radius 3 is 1.04 bits per heavy atom. The van der Waals surface area contributed by atoms with Gasteiger partial charge in [0.2, 0.25) is 0 Å². The minimum Gasteiger partial charge on any atom is -0.309 e. The Morgan fingerprint density at radius 1 is 0.227 bits per heavy atom. The lowest BCUT2D eigenvalue weighted by Gasteiger charge is -2.21. The van der Waals surface area contributed by atoms with E-state index in [9.17, 15) is 0 Å². The van der Waals surface area contributed by atoms with Crippen LogP contribution in [0.1, 0.15) is 0 Å². The van der Waals surface area contributed by atoms with Crippen LogP contribution in [0.15, 0.2) is 273 Å². The van der Waals surface area contributed by atoms with Crippen LogP contribution in [-0.2, 0) is 0 Å². The minimum absolute atomic E-state index is 0.655. The summed E-state index contributed by atoms with van der Waals surface area (Å²) >= 11 is 0. The van der Waals surface area contributed by atoms with Crippen molar-refractivity contribution >= 4 is 65.4 Å². The summed E-state index contributed by atoms with van der Waals surface area (Å²) in [5, 5.41) is 7.25. The van der Waals surface area contributed by atoms with Gasteiger partial charge in [-0.2, -0.15) is 0 Å². The van der Waals surface area contributed by atoms with Crippen LogP contribution in [-0.4, -0.2) is 23.7 Å². The van der Waals surface area contributed by atoms with E-state index in [0.29, 0.717) is 5.82 Å². The van der Waals surface area contributed by atoms with Gasteiger partial charge in [0.05, 0.1) is 50.2 Å². The highest BCUT2D eigenvalue weighted by atomic mass is 15.0. The molecular formula is C70H45N5. The van der Waals surface area contributed by atoms with Gasteiger partial charge in [0.25, 0.3) is 0 Å². The van der Waals surface area contributed by atoms with Crippen LogP contribution >= 0.6 is 0 Å². The molecule has 15 rings (SSSR count). The monoisotopic (exact) mass is 955 g/mol. The normalized spacial score (nSPS) is 11.7. The smallest absolute Gasteiger partial charge is 0.160 e. The molecule has 0 fully saturated rings. The van der Waals surface area contributed by atoms with Crippen molar-refractivity contribution in [1.29, 1.82) is 0 Å². The third kappa shape index (κ3) is 6.93. The molecule has 350 valence electrons. The van der Waals surface area contributed by atoms with Crippen molar-refractivity contribution < 1.29 is 0 Å². The number of benzene rings is 11. The molecule has 0 aliphatic rings. The molecule has 75 heavy (non-hydrogen) atoms. The van der Waals surface area contributed by atoms with Crippen molar-refractivity contribution in [2.75, 3.05) is 0 Å². The van der Waals surface area contributed by atoms with Gasteiger partial charge in [-0.1, -0.05) is 200 Å². The molecule has 0 aliphatic heterocycles. The Balaban J connectivity index is 1.07. The topological polar surface area (TPSA) is 40.6 Å². The van der Waals surface area contributed by atoms with Crippen molar-refractivity contribution in [3.8, 4) is 73.2 Å². The molecule has 11 aromatic carbocycles. The third-order valence-corrected chi connectivity index (χ3v) is 15.0. The first-order valence-electron chi connectivity index (χ1n) is 25.6. The van der Waals surface area contributed by atoms with Crippen molar-refractivity contribution in [3.63, 3.8) is 0 Å².